The summed E-state index contributed by atoms with van der Waals surface area (Å²) in [6.45, 7) is 0.354. The summed E-state index contributed by atoms with van der Waals surface area (Å²) in [5.74, 6) is -0.673. The normalized spacial score (nSPS) is 10.7. The van der Waals surface area contributed by atoms with Crippen molar-refractivity contribution in [2.24, 2.45) is 0 Å². The number of carbonyl (C=O) groups is 1. The van der Waals surface area contributed by atoms with Crippen molar-refractivity contribution in [2.45, 2.75) is 19.3 Å². The molecular weight excluding hydrogens is 260 g/mol. The van der Waals surface area contributed by atoms with E-state index in [1.807, 2.05) is 0 Å². The van der Waals surface area contributed by atoms with E-state index < -0.39 is 11.6 Å². The van der Waals surface area contributed by atoms with Crippen molar-refractivity contribution in [3.63, 3.8) is 0 Å². The van der Waals surface area contributed by atoms with Gasteiger partial charge < -0.3 is 14.3 Å². The Balaban J connectivity index is 2.06. The number of ether oxygens (including phenoxy) is 1. The van der Waals surface area contributed by atoms with Crippen LogP contribution < -0.4 is 5.63 Å². The number of hydrogen-bond acceptors (Lipinski definition) is 5. The van der Waals surface area contributed by atoms with Gasteiger partial charge in [-0.15, -0.1) is 0 Å². The molecule has 1 heterocycles. The Labute approximate surface area is 115 Å². The Kier molecular flexibility index (Phi) is 4.90. The van der Waals surface area contributed by atoms with E-state index in [0.717, 1.165) is 6.42 Å². The van der Waals surface area contributed by atoms with Gasteiger partial charge in [-0.1, -0.05) is 18.2 Å². The van der Waals surface area contributed by atoms with E-state index >= 15 is 0 Å². The third kappa shape index (κ3) is 3.45. The number of aliphatic hydroxyl groups is 1. The molecule has 5 heteroatoms. The van der Waals surface area contributed by atoms with E-state index in [1.54, 1.807) is 24.3 Å². The van der Waals surface area contributed by atoms with Gasteiger partial charge in [0.05, 0.1) is 6.61 Å². The summed E-state index contributed by atoms with van der Waals surface area (Å²) < 4.78 is 10.1. The van der Waals surface area contributed by atoms with E-state index in [4.69, 9.17) is 14.3 Å². The number of benzene rings is 1. The maximum Gasteiger partial charge on any atom is 0.351 e. The molecule has 0 aliphatic heterocycles. The first-order chi connectivity index (χ1) is 9.72. The average molecular weight is 276 g/mol. The van der Waals surface area contributed by atoms with E-state index in [2.05, 4.69) is 0 Å². The van der Waals surface area contributed by atoms with Crippen molar-refractivity contribution >= 4 is 16.9 Å². The Morgan fingerprint density at radius 1 is 1.20 bits per heavy atom. The van der Waals surface area contributed by atoms with Crippen LogP contribution in [-0.4, -0.2) is 24.3 Å². The summed E-state index contributed by atoms with van der Waals surface area (Å²) in [6.07, 6.45) is 2.11. The molecule has 1 aromatic carbocycles. The third-order valence-electron chi connectivity index (χ3n) is 2.90. The summed E-state index contributed by atoms with van der Waals surface area (Å²) in [5, 5.41) is 9.31. The van der Waals surface area contributed by atoms with Crippen LogP contribution in [0.15, 0.2) is 39.5 Å². The van der Waals surface area contributed by atoms with Gasteiger partial charge in [0, 0.05) is 12.0 Å². The Morgan fingerprint density at radius 3 is 2.80 bits per heavy atom. The fourth-order valence-electron chi connectivity index (χ4n) is 1.84. The van der Waals surface area contributed by atoms with Crippen molar-refractivity contribution in [1.29, 1.82) is 0 Å². The van der Waals surface area contributed by atoms with Gasteiger partial charge in [0.1, 0.15) is 11.1 Å². The molecule has 2 rings (SSSR count). The van der Waals surface area contributed by atoms with Gasteiger partial charge in [-0.3, -0.25) is 0 Å². The molecule has 0 aliphatic carbocycles. The summed E-state index contributed by atoms with van der Waals surface area (Å²) >= 11 is 0. The van der Waals surface area contributed by atoms with E-state index in [-0.39, 0.29) is 18.8 Å². The topological polar surface area (TPSA) is 76.7 Å². The predicted octanol–water partition coefficient (Wildman–Crippen LogP) is 2.11. The van der Waals surface area contributed by atoms with Gasteiger partial charge >= 0.3 is 11.6 Å². The van der Waals surface area contributed by atoms with Gasteiger partial charge in [-0.05, 0) is 31.4 Å². The van der Waals surface area contributed by atoms with Crippen molar-refractivity contribution < 1.29 is 19.1 Å². The Hall–Kier alpha value is -2.14. The number of rotatable bonds is 6. The molecule has 1 N–H and O–H groups in total. The molecule has 2 aromatic rings. The Bertz CT molecular complexity index is 644. The molecular formula is C15H16O5. The molecule has 106 valence electrons. The van der Waals surface area contributed by atoms with Crippen LogP contribution in [0.5, 0.6) is 0 Å². The highest BCUT2D eigenvalue weighted by Gasteiger charge is 2.14. The molecule has 0 spiro atoms. The quantitative estimate of drug-likeness (QED) is 0.497. The molecule has 5 nitrogen and oxygen atoms in total. The largest absolute Gasteiger partial charge is 0.462 e. The molecule has 0 amide bonds. The zero-order valence-electron chi connectivity index (χ0n) is 11.0. The maximum atomic E-state index is 11.8. The lowest BCUT2D eigenvalue weighted by atomic mass is 10.2. The molecule has 0 bridgehead atoms. The third-order valence-corrected chi connectivity index (χ3v) is 2.90. The smallest absolute Gasteiger partial charge is 0.351 e. The van der Waals surface area contributed by atoms with Crippen LogP contribution in [-0.2, 0) is 4.74 Å². The van der Waals surface area contributed by atoms with Gasteiger partial charge in [-0.25, -0.2) is 9.59 Å². The maximum absolute atomic E-state index is 11.8. The van der Waals surface area contributed by atoms with Crippen LogP contribution >= 0.6 is 0 Å². The number of fused-ring (bicyclic) bond motifs is 1. The van der Waals surface area contributed by atoms with E-state index in [9.17, 15) is 9.59 Å². The Morgan fingerprint density at radius 2 is 2.00 bits per heavy atom. The minimum absolute atomic E-state index is 0.0918. The first kappa shape index (κ1) is 14.3. The number of carbonyl (C=O) groups excluding carboxylic acids is 1. The minimum Gasteiger partial charge on any atom is -0.462 e. The fourth-order valence-corrected chi connectivity index (χ4v) is 1.84. The highest BCUT2D eigenvalue weighted by atomic mass is 16.5. The number of unbranched alkanes of at least 4 members (excludes halogenated alkanes) is 2. The van der Waals surface area contributed by atoms with Crippen LogP contribution in [0.4, 0.5) is 0 Å². The lowest BCUT2D eigenvalue weighted by Gasteiger charge is -2.04. The molecule has 0 aliphatic rings. The van der Waals surface area contributed by atoms with E-state index in [0.29, 0.717) is 23.8 Å². The molecule has 20 heavy (non-hydrogen) atoms. The molecule has 0 saturated carbocycles. The van der Waals surface area contributed by atoms with Crippen molar-refractivity contribution in [2.75, 3.05) is 13.2 Å². The highest BCUT2D eigenvalue weighted by Crippen LogP contribution is 2.13. The van der Waals surface area contributed by atoms with Crippen molar-refractivity contribution in [1.82, 2.24) is 0 Å². The number of hydrogen-bond donors (Lipinski definition) is 1. The standard InChI is InChI=1S/C15H16O5/c16-8-4-1-5-9-19-14(17)12-10-11-6-2-3-7-13(11)20-15(12)18/h2-3,6-7,10,16H,1,4-5,8-9H2. The monoisotopic (exact) mass is 276 g/mol. The number of aliphatic hydroxyl groups excluding tert-OH is 1. The van der Waals surface area contributed by atoms with Crippen LogP contribution in [0.2, 0.25) is 0 Å². The van der Waals surface area contributed by atoms with Gasteiger partial charge in [0.15, 0.2) is 0 Å². The van der Waals surface area contributed by atoms with Crippen LogP contribution in [0.3, 0.4) is 0 Å². The zero-order chi connectivity index (χ0) is 14.4. The highest BCUT2D eigenvalue weighted by molar-refractivity contribution is 5.92. The molecule has 0 radical (unpaired) electrons. The SMILES string of the molecule is O=C(OCCCCCO)c1cc2ccccc2oc1=O. The molecule has 0 fully saturated rings. The lowest BCUT2D eigenvalue weighted by molar-refractivity contribution is 0.0492. The van der Waals surface area contributed by atoms with Crippen molar-refractivity contribution in [3.05, 3.63) is 46.3 Å². The van der Waals surface area contributed by atoms with Gasteiger partial charge in [0.2, 0.25) is 0 Å². The fraction of sp³-hybridized carbons (Fsp3) is 0.333. The molecule has 1 aromatic heterocycles. The summed E-state index contributed by atoms with van der Waals surface area (Å²) in [6, 6.07) is 8.46. The lowest BCUT2D eigenvalue weighted by Crippen LogP contribution is -2.17. The second-order valence-corrected chi connectivity index (χ2v) is 4.41. The first-order valence-electron chi connectivity index (χ1n) is 6.53. The minimum atomic E-state index is -0.691. The predicted molar refractivity (Wildman–Crippen MR) is 73.7 cm³/mol. The zero-order valence-corrected chi connectivity index (χ0v) is 11.0. The van der Waals surface area contributed by atoms with Crippen LogP contribution in [0.1, 0.15) is 29.6 Å². The van der Waals surface area contributed by atoms with Crippen LogP contribution in [0, 0.1) is 0 Å². The summed E-state index contributed by atoms with van der Waals surface area (Å²) in [5.41, 5.74) is -0.341. The van der Waals surface area contributed by atoms with Gasteiger partial charge in [0.25, 0.3) is 0 Å². The summed E-state index contributed by atoms with van der Waals surface area (Å²) in [7, 11) is 0. The second-order valence-electron chi connectivity index (χ2n) is 4.41. The van der Waals surface area contributed by atoms with Crippen molar-refractivity contribution in [3.8, 4) is 0 Å². The summed E-state index contributed by atoms with van der Waals surface area (Å²) in [4.78, 5) is 23.5. The van der Waals surface area contributed by atoms with Crippen LogP contribution in [0.25, 0.3) is 11.0 Å². The second kappa shape index (κ2) is 6.86. The first-order valence-corrected chi connectivity index (χ1v) is 6.53. The molecule has 0 atom stereocenters. The van der Waals surface area contributed by atoms with E-state index in [1.165, 1.54) is 6.07 Å². The molecule has 0 saturated heterocycles. The van der Waals surface area contributed by atoms with Gasteiger partial charge in [-0.2, -0.15) is 0 Å². The molecule has 0 unspecified atom stereocenters. The number of para-hydroxylation sites is 1. The number of esters is 1. The average Bonchev–Trinajstić information content (AvgIpc) is 2.46.